The van der Waals surface area contributed by atoms with E-state index in [1.807, 2.05) is 0 Å². The lowest BCUT2D eigenvalue weighted by atomic mass is 10.1. The van der Waals surface area contributed by atoms with Gasteiger partial charge in [0.2, 0.25) is 0 Å². The molecule has 0 aliphatic rings. The van der Waals surface area contributed by atoms with Gasteiger partial charge in [-0.15, -0.1) is 11.8 Å². The molecule has 0 saturated heterocycles. The fraction of sp³-hybridized carbons (Fsp3) is 0.300. The first kappa shape index (κ1) is 12.9. The Bertz CT molecular complexity index is 402. The molecule has 1 aromatic carbocycles. The summed E-state index contributed by atoms with van der Waals surface area (Å²) in [6.07, 6.45) is -4.52. The van der Waals surface area contributed by atoms with Crippen LogP contribution in [0.5, 0.6) is 0 Å². The maximum atomic E-state index is 12.4. The number of rotatable bonds is 3. The monoisotopic (exact) mass is 250 g/mol. The van der Waals surface area contributed by atoms with Gasteiger partial charge in [0.1, 0.15) is 0 Å². The molecule has 88 valence electrons. The average Bonchev–Trinajstić information content (AvgIpc) is 2.16. The van der Waals surface area contributed by atoms with Crippen LogP contribution in [0.3, 0.4) is 0 Å². The summed E-state index contributed by atoms with van der Waals surface area (Å²) in [5.41, 5.74) is -1.27. The smallest absolute Gasteiger partial charge is 0.416 e. The van der Waals surface area contributed by atoms with Crippen LogP contribution >= 0.6 is 11.8 Å². The standard InChI is InChI=1S/C10H9F3O2S/c1-2-16-8-4-6(9(14)15)3-7(5-8)10(11,12)13/h3-5H,2H2,1H3,(H,14,15). The van der Waals surface area contributed by atoms with E-state index in [4.69, 9.17) is 5.11 Å². The summed E-state index contributed by atoms with van der Waals surface area (Å²) >= 11 is 1.17. The molecule has 0 unspecified atom stereocenters. The third kappa shape index (κ3) is 3.16. The largest absolute Gasteiger partial charge is 0.478 e. The topological polar surface area (TPSA) is 37.3 Å². The maximum Gasteiger partial charge on any atom is 0.416 e. The van der Waals surface area contributed by atoms with E-state index in [0.29, 0.717) is 16.7 Å². The molecular weight excluding hydrogens is 241 g/mol. The molecule has 0 aliphatic heterocycles. The normalized spacial score (nSPS) is 11.5. The van der Waals surface area contributed by atoms with Crippen molar-refractivity contribution in [2.45, 2.75) is 18.0 Å². The number of carbonyl (C=O) groups is 1. The molecule has 1 N–H and O–H groups in total. The van der Waals surface area contributed by atoms with Crippen LogP contribution in [0, 0.1) is 0 Å². The van der Waals surface area contributed by atoms with Crippen molar-refractivity contribution in [3.8, 4) is 0 Å². The van der Waals surface area contributed by atoms with Crippen molar-refractivity contribution in [2.75, 3.05) is 5.75 Å². The molecule has 0 aliphatic carbocycles. The number of thioether (sulfide) groups is 1. The third-order valence-corrected chi connectivity index (χ3v) is 2.65. The Kier molecular flexibility index (Phi) is 3.85. The molecule has 0 fully saturated rings. The number of aromatic carboxylic acids is 1. The lowest BCUT2D eigenvalue weighted by Gasteiger charge is -2.09. The Labute approximate surface area is 94.5 Å². The van der Waals surface area contributed by atoms with Crippen molar-refractivity contribution >= 4 is 17.7 Å². The van der Waals surface area contributed by atoms with E-state index in [0.717, 1.165) is 6.07 Å². The van der Waals surface area contributed by atoms with Gasteiger partial charge in [-0.2, -0.15) is 13.2 Å². The summed E-state index contributed by atoms with van der Waals surface area (Å²) in [7, 11) is 0. The van der Waals surface area contributed by atoms with Gasteiger partial charge in [0.05, 0.1) is 11.1 Å². The van der Waals surface area contributed by atoms with E-state index in [-0.39, 0.29) is 5.56 Å². The molecule has 0 atom stereocenters. The molecule has 0 heterocycles. The van der Waals surface area contributed by atoms with E-state index in [2.05, 4.69) is 0 Å². The number of halogens is 3. The molecule has 0 radical (unpaired) electrons. The van der Waals surface area contributed by atoms with Gasteiger partial charge in [0, 0.05) is 4.90 Å². The molecular formula is C10H9F3O2S. The highest BCUT2D eigenvalue weighted by atomic mass is 32.2. The number of alkyl halides is 3. The van der Waals surface area contributed by atoms with Gasteiger partial charge in [0.25, 0.3) is 0 Å². The van der Waals surface area contributed by atoms with Gasteiger partial charge in [-0.3, -0.25) is 0 Å². The fourth-order valence-electron chi connectivity index (χ4n) is 1.14. The Balaban J connectivity index is 3.24. The third-order valence-electron chi connectivity index (χ3n) is 1.79. The van der Waals surface area contributed by atoms with E-state index in [1.165, 1.54) is 17.8 Å². The molecule has 0 saturated carbocycles. The second-order valence-corrected chi connectivity index (χ2v) is 4.32. The molecule has 16 heavy (non-hydrogen) atoms. The summed E-state index contributed by atoms with van der Waals surface area (Å²) in [5.74, 6) is -0.774. The van der Waals surface area contributed by atoms with Crippen molar-refractivity contribution in [2.24, 2.45) is 0 Å². The number of hydrogen-bond acceptors (Lipinski definition) is 2. The molecule has 1 aromatic rings. The summed E-state index contributed by atoms with van der Waals surface area (Å²) in [6.45, 7) is 1.78. The van der Waals surface area contributed by atoms with Crippen LogP contribution in [0.25, 0.3) is 0 Å². The van der Waals surface area contributed by atoms with E-state index >= 15 is 0 Å². The predicted octanol–water partition coefficient (Wildman–Crippen LogP) is 3.52. The van der Waals surface area contributed by atoms with Crippen molar-refractivity contribution in [1.82, 2.24) is 0 Å². The average molecular weight is 250 g/mol. The molecule has 6 heteroatoms. The van der Waals surface area contributed by atoms with E-state index in [1.54, 1.807) is 6.92 Å². The molecule has 0 bridgehead atoms. The van der Waals surface area contributed by atoms with Crippen LogP contribution in [0.15, 0.2) is 23.1 Å². The van der Waals surface area contributed by atoms with Crippen molar-refractivity contribution in [3.63, 3.8) is 0 Å². The van der Waals surface area contributed by atoms with Gasteiger partial charge in [-0.1, -0.05) is 6.92 Å². The summed E-state index contributed by atoms with van der Waals surface area (Å²) in [5, 5.41) is 8.69. The maximum absolute atomic E-state index is 12.4. The minimum atomic E-state index is -4.52. The molecule has 1 rings (SSSR count). The van der Waals surface area contributed by atoms with Crippen molar-refractivity contribution in [1.29, 1.82) is 0 Å². The fourth-order valence-corrected chi connectivity index (χ4v) is 1.89. The van der Waals surface area contributed by atoms with Gasteiger partial charge in [-0.05, 0) is 24.0 Å². The summed E-state index contributed by atoms with van der Waals surface area (Å²) in [6, 6.07) is 2.84. The minimum absolute atomic E-state index is 0.315. The quantitative estimate of drug-likeness (QED) is 0.834. The Hall–Kier alpha value is -1.17. The van der Waals surface area contributed by atoms with E-state index < -0.39 is 17.7 Å². The van der Waals surface area contributed by atoms with Gasteiger partial charge in [0.15, 0.2) is 0 Å². The Morgan fingerprint density at radius 3 is 2.44 bits per heavy atom. The molecule has 0 aromatic heterocycles. The zero-order valence-electron chi connectivity index (χ0n) is 8.34. The first-order valence-corrected chi connectivity index (χ1v) is 5.41. The number of carboxylic acid groups (broad SMARTS) is 1. The lowest BCUT2D eigenvalue weighted by Crippen LogP contribution is -2.08. The highest BCUT2D eigenvalue weighted by molar-refractivity contribution is 7.99. The van der Waals surface area contributed by atoms with Crippen LogP contribution < -0.4 is 0 Å². The van der Waals surface area contributed by atoms with Crippen LogP contribution in [0.2, 0.25) is 0 Å². The second kappa shape index (κ2) is 4.78. The van der Waals surface area contributed by atoms with E-state index in [9.17, 15) is 18.0 Å². The van der Waals surface area contributed by atoms with Crippen molar-refractivity contribution in [3.05, 3.63) is 29.3 Å². The Morgan fingerprint density at radius 1 is 1.38 bits per heavy atom. The number of carboxylic acids is 1. The lowest BCUT2D eigenvalue weighted by molar-refractivity contribution is -0.137. The first-order chi connectivity index (χ1) is 7.34. The summed E-state index contributed by atoms with van der Waals surface area (Å²) in [4.78, 5) is 11.0. The molecule has 0 spiro atoms. The van der Waals surface area contributed by atoms with Crippen molar-refractivity contribution < 1.29 is 23.1 Å². The molecule has 2 nitrogen and oxygen atoms in total. The Morgan fingerprint density at radius 2 is 2.00 bits per heavy atom. The zero-order chi connectivity index (χ0) is 12.3. The zero-order valence-corrected chi connectivity index (χ0v) is 9.15. The van der Waals surface area contributed by atoms with Crippen LogP contribution in [-0.2, 0) is 6.18 Å². The van der Waals surface area contributed by atoms with Gasteiger partial charge in [-0.25, -0.2) is 4.79 Å². The first-order valence-electron chi connectivity index (χ1n) is 4.43. The predicted molar refractivity (Wildman–Crippen MR) is 54.8 cm³/mol. The van der Waals surface area contributed by atoms with Gasteiger partial charge < -0.3 is 5.11 Å². The highest BCUT2D eigenvalue weighted by Crippen LogP contribution is 2.33. The summed E-state index contributed by atoms with van der Waals surface area (Å²) < 4.78 is 37.3. The SMILES string of the molecule is CCSc1cc(C(=O)O)cc(C(F)(F)F)c1. The number of hydrogen-bond donors (Lipinski definition) is 1. The van der Waals surface area contributed by atoms with Gasteiger partial charge >= 0.3 is 12.1 Å². The second-order valence-electron chi connectivity index (χ2n) is 2.98. The highest BCUT2D eigenvalue weighted by Gasteiger charge is 2.31. The van der Waals surface area contributed by atoms with Crippen LogP contribution in [-0.4, -0.2) is 16.8 Å². The molecule has 0 amide bonds. The van der Waals surface area contributed by atoms with Crippen LogP contribution in [0.1, 0.15) is 22.8 Å². The minimum Gasteiger partial charge on any atom is -0.478 e. The van der Waals surface area contributed by atoms with Crippen LogP contribution in [0.4, 0.5) is 13.2 Å². The number of benzene rings is 1.